The minimum Gasteiger partial charge on any atom is -0.397 e. The molecule has 3 heterocycles. The van der Waals surface area contributed by atoms with Crippen molar-refractivity contribution in [1.82, 2.24) is 4.90 Å². The molecular formula is C27H37N5O2. The van der Waals surface area contributed by atoms with Crippen LogP contribution in [0.1, 0.15) is 55.1 Å². The lowest BCUT2D eigenvalue weighted by molar-refractivity contribution is 0.0532. The fourth-order valence-electron chi connectivity index (χ4n) is 5.59. The monoisotopic (exact) mass is 463 g/mol. The SMILES string of the molecule is CNc1ccc(C(=O)N2CCc3cc4c(cc3C[C@H]2C(C)(C)C)NC([C@H]2CCCO2)N4)cc1N. The second-order valence-corrected chi connectivity index (χ2v) is 10.9. The van der Waals surface area contributed by atoms with Crippen molar-refractivity contribution in [2.75, 3.05) is 41.9 Å². The molecule has 0 bridgehead atoms. The molecule has 0 radical (unpaired) electrons. The summed E-state index contributed by atoms with van der Waals surface area (Å²) in [5, 5.41) is 10.3. The summed E-state index contributed by atoms with van der Waals surface area (Å²) in [6.07, 6.45) is 4.21. The van der Waals surface area contributed by atoms with Crippen LogP contribution in [0.4, 0.5) is 22.7 Å². The van der Waals surface area contributed by atoms with Gasteiger partial charge in [0.2, 0.25) is 0 Å². The van der Waals surface area contributed by atoms with E-state index < -0.39 is 0 Å². The van der Waals surface area contributed by atoms with Crippen LogP contribution >= 0.6 is 0 Å². The number of ether oxygens (including phenoxy) is 1. The van der Waals surface area contributed by atoms with Crippen LogP contribution in [0.3, 0.4) is 0 Å². The minimum absolute atomic E-state index is 0.0457. The van der Waals surface area contributed by atoms with Crippen LogP contribution in [-0.4, -0.2) is 49.3 Å². The molecule has 1 fully saturated rings. The summed E-state index contributed by atoms with van der Waals surface area (Å²) < 4.78 is 5.90. The van der Waals surface area contributed by atoms with Crippen LogP contribution < -0.4 is 21.7 Å². The number of carbonyl (C=O) groups excluding carboxylic acids is 1. The van der Waals surface area contributed by atoms with Crippen molar-refractivity contribution >= 4 is 28.7 Å². The third kappa shape index (κ3) is 4.17. The summed E-state index contributed by atoms with van der Waals surface area (Å²) in [7, 11) is 1.83. The second-order valence-electron chi connectivity index (χ2n) is 10.9. The Hall–Kier alpha value is -2.93. The maximum atomic E-state index is 13.7. The number of carbonyl (C=O) groups is 1. The lowest BCUT2D eigenvalue weighted by atomic mass is 9.81. The summed E-state index contributed by atoms with van der Waals surface area (Å²) in [6.45, 7) is 8.20. The molecule has 3 aliphatic heterocycles. The third-order valence-corrected chi connectivity index (χ3v) is 7.54. The summed E-state index contributed by atoms with van der Waals surface area (Å²) in [5.74, 6) is 0.0457. The molecule has 5 rings (SSSR count). The van der Waals surface area contributed by atoms with Crippen molar-refractivity contribution < 1.29 is 9.53 Å². The van der Waals surface area contributed by atoms with Crippen molar-refractivity contribution in [3.63, 3.8) is 0 Å². The molecule has 7 nitrogen and oxygen atoms in total. The first-order chi connectivity index (χ1) is 16.2. The van der Waals surface area contributed by atoms with Gasteiger partial charge in [0, 0.05) is 31.8 Å². The third-order valence-electron chi connectivity index (χ3n) is 7.54. The van der Waals surface area contributed by atoms with Crippen LogP contribution in [0, 0.1) is 5.41 Å². The quantitative estimate of drug-likeness (QED) is 0.507. The first-order valence-corrected chi connectivity index (χ1v) is 12.4. The van der Waals surface area contributed by atoms with E-state index in [-0.39, 0.29) is 29.6 Å². The molecule has 7 heteroatoms. The molecule has 0 spiro atoms. The van der Waals surface area contributed by atoms with E-state index in [0.717, 1.165) is 49.4 Å². The lowest BCUT2D eigenvalue weighted by Gasteiger charge is -2.39. The van der Waals surface area contributed by atoms with Gasteiger partial charge in [0.25, 0.3) is 5.91 Å². The highest BCUT2D eigenvalue weighted by atomic mass is 16.5. The molecule has 3 aliphatic rings. The molecule has 5 N–H and O–H groups in total. The molecule has 1 amide bonds. The van der Waals surface area contributed by atoms with Crippen molar-refractivity contribution in [1.29, 1.82) is 0 Å². The van der Waals surface area contributed by atoms with Gasteiger partial charge in [-0.25, -0.2) is 0 Å². The summed E-state index contributed by atoms with van der Waals surface area (Å²) >= 11 is 0. The van der Waals surface area contributed by atoms with E-state index in [0.29, 0.717) is 17.8 Å². The van der Waals surface area contributed by atoms with Crippen molar-refractivity contribution in [3.05, 3.63) is 47.0 Å². The Morgan fingerprint density at radius 2 is 1.88 bits per heavy atom. The molecule has 0 aliphatic carbocycles. The van der Waals surface area contributed by atoms with Crippen molar-refractivity contribution in [2.24, 2.45) is 5.41 Å². The minimum atomic E-state index is -0.0708. The molecule has 2 aromatic rings. The number of nitrogens with two attached hydrogens (primary N) is 1. The molecule has 0 aromatic heterocycles. The molecule has 182 valence electrons. The van der Waals surface area contributed by atoms with E-state index >= 15 is 0 Å². The average molecular weight is 464 g/mol. The summed E-state index contributed by atoms with van der Waals surface area (Å²) in [6, 6.07) is 10.2. The van der Waals surface area contributed by atoms with E-state index in [4.69, 9.17) is 10.5 Å². The van der Waals surface area contributed by atoms with Crippen LogP contribution in [0.15, 0.2) is 30.3 Å². The van der Waals surface area contributed by atoms with Gasteiger partial charge in [-0.2, -0.15) is 0 Å². The van der Waals surface area contributed by atoms with E-state index in [9.17, 15) is 4.79 Å². The van der Waals surface area contributed by atoms with Crippen LogP contribution in [0.25, 0.3) is 0 Å². The van der Waals surface area contributed by atoms with Crippen LogP contribution in [-0.2, 0) is 17.6 Å². The fraction of sp³-hybridized carbons (Fsp3) is 0.519. The topological polar surface area (TPSA) is 91.7 Å². The zero-order chi connectivity index (χ0) is 24.0. The number of amides is 1. The number of rotatable bonds is 3. The fourth-order valence-corrected chi connectivity index (χ4v) is 5.59. The van der Waals surface area contributed by atoms with E-state index in [1.54, 1.807) is 6.07 Å². The number of nitrogens with zero attached hydrogens (tertiary/aromatic N) is 1. The molecule has 34 heavy (non-hydrogen) atoms. The largest absolute Gasteiger partial charge is 0.397 e. The summed E-state index contributed by atoms with van der Waals surface area (Å²) in [4.78, 5) is 15.8. The highest BCUT2D eigenvalue weighted by Gasteiger charge is 2.37. The molecule has 3 atom stereocenters. The first-order valence-electron chi connectivity index (χ1n) is 12.4. The molecule has 0 saturated carbocycles. The average Bonchev–Trinajstić information content (AvgIpc) is 3.42. The number of nitrogens with one attached hydrogen (secondary N) is 3. The van der Waals surface area contributed by atoms with Gasteiger partial charge in [-0.1, -0.05) is 20.8 Å². The van der Waals surface area contributed by atoms with Gasteiger partial charge in [0.1, 0.15) is 6.17 Å². The Morgan fingerprint density at radius 3 is 2.50 bits per heavy atom. The standard InChI is InChI=1S/C27H37N5O2/c1-27(2,3)24-15-18-14-22-21(30-25(31-22)23-6-5-11-34-23)13-16(18)9-10-32(24)26(33)17-7-8-20(29-4)19(28)12-17/h7-8,12-14,23-25,29-31H,5-6,9-11,15,28H2,1-4H3/t23-,24+,25?/m1/s1. The van der Waals surface area contributed by atoms with Crippen LogP contribution in [0.5, 0.6) is 0 Å². The first kappa shape index (κ1) is 22.8. The van der Waals surface area contributed by atoms with E-state index in [1.165, 1.54) is 11.1 Å². The predicted molar refractivity (Wildman–Crippen MR) is 139 cm³/mol. The zero-order valence-electron chi connectivity index (χ0n) is 20.7. The van der Waals surface area contributed by atoms with E-state index in [2.05, 4.69) is 53.8 Å². The Labute approximate surface area is 202 Å². The maximum Gasteiger partial charge on any atom is 0.254 e. The zero-order valence-corrected chi connectivity index (χ0v) is 20.7. The highest BCUT2D eigenvalue weighted by Crippen LogP contribution is 2.39. The number of nitrogen functional groups attached to an aromatic ring is 1. The lowest BCUT2D eigenvalue weighted by Crippen LogP contribution is -2.48. The number of benzene rings is 2. The number of anilines is 4. The van der Waals surface area contributed by atoms with Gasteiger partial charge in [0.05, 0.1) is 28.9 Å². The molecule has 2 aromatic carbocycles. The van der Waals surface area contributed by atoms with Gasteiger partial charge in [-0.05, 0) is 72.6 Å². The summed E-state index contributed by atoms with van der Waals surface area (Å²) in [5.41, 5.74) is 13.1. The Bertz CT molecular complexity index is 1090. The smallest absolute Gasteiger partial charge is 0.254 e. The van der Waals surface area contributed by atoms with Crippen molar-refractivity contribution in [2.45, 2.75) is 64.8 Å². The molecule has 1 unspecified atom stereocenters. The maximum absolute atomic E-state index is 13.7. The van der Waals surface area contributed by atoms with Gasteiger partial charge in [-0.3, -0.25) is 4.79 Å². The molecule has 1 saturated heterocycles. The van der Waals surface area contributed by atoms with Gasteiger partial charge >= 0.3 is 0 Å². The van der Waals surface area contributed by atoms with Crippen LogP contribution in [0.2, 0.25) is 0 Å². The number of hydrogen-bond acceptors (Lipinski definition) is 6. The van der Waals surface area contributed by atoms with Gasteiger partial charge in [-0.15, -0.1) is 0 Å². The second kappa shape index (κ2) is 8.69. The highest BCUT2D eigenvalue weighted by molar-refractivity contribution is 5.96. The predicted octanol–water partition coefficient (Wildman–Crippen LogP) is 4.31. The van der Waals surface area contributed by atoms with Crippen molar-refractivity contribution in [3.8, 4) is 0 Å². The van der Waals surface area contributed by atoms with E-state index in [1.807, 2.05) is 19.2 Å². The molecular weight excluding hydrogens is 426 g/mol. The Balaban J connectivity index is 1.42. The Kier molecular flexibility index (Phi) is 5.84. The van der Waals surface area contributed by atoms with Gasteiger partial charge in [0.15, 0.2) is 0 Å². The number of fused-ring (bicyclic) bond motifs is 2. The Morgan fingerprint density at radius 1 is 1.15 bits per heavy atom. The number of hydrogen-bond donors (Lipinski definition) is 4. The van der Waals surface area contributed by atoms with Gasteiger partial charge < -0.3 is 31.3 Å². The normalized spacial score (nSPS) is 24.0.